The molecule has 0 aliphatic rings. The molecule has 0 N–H and O–H groups in total. The minimum absolute atomic E-state index is 0.0381. The molecule has 0 atom stereocenters. The van der Waals surface area contributed by atoms with Crippen LogP contribution in [0, 0.1) is 0 Å². The van der Waals surface area contributed by atoms with E-state index in [1.807, 2.05) is 30.3 Å². The standard InChI is InChI=1S/C19H20O5/c1-21-13-23-17-9-6-10-18(24-14-22-2)19(17)16(20)12-11-15-7-4-3-5-8-15/h3-12H,13-14H2,1-2H3/b12-11+. The second-order valence-electron chi connectivity index (χ2n) is 4.84. The third-order valence-corrected chi connectivity index (χ3v) is 3.13. The number of rotatable bonds is 9. The summed E-state index contributed by atoms with van der Waals surface area (Å²) in [6.45, 7) is 0.0762. The summed E-state index contributed by atoms with van der Waals surface area (Å²) in [6, 6.07) is 14.7. The number of carbonyl (C=O) groups is 1. The quantitative estimate of drug-likeness (QED) is 0.400. The molecule has 0 bridgehead atoms. The van der Waals surface area contributed by atoms with E-state index in [1.165, 1.54) is 20.3 Å². The highest BCUT2D eigenvalue weighted by Gasteiger charge is 2.17. The van der Waals surface area contributed by atoms with Gasteiger partial charge in [-0.2, -0.15) is 0 Å². The van der Waals surface area contributed by atoms with Crippen LogP contribution in [-0.2, 0) is 9.47 Å². The molecule has 2 aromatic rings. The Morgan fingerprint density at radius 3 is 2.00 bits per heavy atom. The fourth-order valence-electron chi connectivity index (χ4n) is 2.06. The van der Waals surface area contributed by atoms with Crippen LogP contribution in [0.4, 0.5) is 0 Å². The Balaban J connectivity index is 2.29. The third-order valence-electron chi connectivity index (χ3n) is 3.13. The first-order valence-electron chi connectivity index (χ1n) is 7.40. The highest BCUT2D eigenvalue weighted by Crippen LogP contribution is 2.30. The van der Waals surface area contributed by atoms with Crippen molar-refractivity contribution < 1.29 is 23.7 Å². The van der Waals surface area contributed by atoms with E-state index in [0.29, 0.717) is 17.1 Å². The second-order valence-corrected chi connectivity index (χ2v) is 4.84. The fourth-order valence-corrected chi connectivity index (χ4v) is 2.06. The van der Waals surface area contributed by atoms with Gasteiger partial charge >= 0.3 is 0 Å². The highest BCUT2D eigenvalue weighted by atomic mass is 16.7. The van der Waals surface area contributed by atoms with Gasteiger partial charge in [0, 0.05) is 14.2 Å². The topological polar surface area (TPSA) is 54.0 Å². The number of benzene rings is 2. The van der Waals surface area contributed by atoms with E-state index in [1.54, 1.807) is 24.3 Å². The van der Waals surface area contributed by atoms with E-state index in [4.69, 9.17) is 18.9 Å². The van der Waals surface area contributed by atoms with E-state index in [-0.39, 0.29) is 19.4 Å². The first-order valence-corrected chi connectivity index (χ1v) is 7.40. The van der Waals surface area contributed by atoms with Crippen molar-refractivity contribution >= 4 is 11.9 Å². The molecule has 0 unspecified atom stereocenters. The van der Waals surface area contributed by atoms with Crippen LogP contribution in [0.5, 0.6) is 11.5 Å². The molecule has 0 saturated carbocycles. The van der Waals surface area contributed by atoms with Gasteiger partial charge in [-0.25, -0.2) is 0 Å². The van der Waals surface area contributed by atoms with Crippen LogP contribution in [-0.4, -0.2) is 33.6 Å². The molecule has 126 valence electrons. The predicted octanol–water partition coefficient (Wildman–Crippen LogP) is 3.55. The lowest BCUT2D eigenvalue weighted by atomic mass is 10.1. The molecule has 0 aliphatic carbocycles. The average molecular weight is 328 g/mol. The molecule has 24 heavy (non-hydrogen) atoms. The Morgan fingerprint density at radius 1 is 0.875 bits per heavy atom. The molecule has 2 aromatic carbocycles. The molecule has 5 nitrogen and oxygen atoms in total. The lowest BCUT2D eigenvalue weighted by molar-refractivity contribution is 0.0447. The summed E-state index contributed by atoms with van der Waals surface area (Å²) in [4.78, 5) is 12.7. The zero-order valence-corrected chi connectivity index (χ0v) is 13.7. The Morgan fingerprint density at radius 2 is 1.46 bits per heavy atom. The third kappa shape index (κ3) is 4.94. The summed E-state index contributed by atoms with van der Waals surface area (Å²) in [7, 11) is 3.03. The van der Waals surface area contributed by atoms with Crippen molar-refractivity contribution in [2.24, 2.45) is 0 Å². The molecule has 0 aromatic heterocycles. The normalized spacial score (nSPS) is 10.8. The molecule has 5 heteroatoms. The monoisotopic (exact) mass is 328 g/mol. The Labute approximate surface area is 141 Å². The van der Waals surface area contributed by atoms with E-state index in [2.05, 4.69) is 0 Å². The number of allylic oxidation sites excluding steroid dienone is 1. The van der Waals surface area contributed by atoms with Gasteiger partial charge in [-0.1, -0.05) is 42.5 Å². The van der Waals surface area contributed by atoms with Crippen LogP contribution in [0.25, 0.3) is 6.08 Å². The molecule has 0 aliphatic heterocycles. The molecular weight excluding hydrogens is 308 g/mol. The van der Waals surface area contributed by atoms with Gasteiger partial charge in [-0.15, -0.1) is 0 Å². The van der Waals surface area contributed by atoms with Gasteiger partial charge in [0.1, 0.15) is 17.1 Å². The number of carbonyl (C=O) groups excluding carboxylic acids is 1. The molecule has 2 rings (SSSR count). The number of methoxy groups -OCH3 is 2. The Bertz CT molecular complexity index is 653. The first kappa shape index (κ1) is 17.7. The number of hydrogen-bond acceptors (Lipinski definition) is 5. The maximum Gasteiger partial charge on any atom is 0.193 e. The lowest BCUT2D eigenvalue weighted by Gasteiger charge is -2.13. The number of ether oxygens (including phenoxy) is 4. The summed E-state index contributed by atoms with van der Waals surface area (Å²) < 4.78 is 20.8. The van der Waals surface area contributed by atoms with Gasteiger partial charge in [0.25, 0.3) is 0 Å². The van der Waals surface area contributed by atoms with Gasteiger partial charge in [-0.05, 0) is 23.8 Å². The summed E-state index contributed by atoms with van der Waals surface area (Å²) >= 11 is 0. The molecule has 0 spiro atoms. The summed E-state index contributed by atoms with van der Waals surface area (Å²) in [5.74, 6) is 0.568. The Kier molecular flexibility index (Phi) is 7.01. The van der Waals surface area contributed by atoms with E-state index >= 15 is 0 Å². The average Bonchev–Trinajstić information content (AvgIpc) is 2.63. The fraction of sp³-hybridized carbons (Fsp3) is 0.211. The highest BCUT2D eigenvalue weighted by molar-refractivity contribution is 6.10. The maximum absolute atomic E-state index is 12.7. The molecule has 0 heterocycles. The molecule has 0 fully saturated rings. The van der Waals surface area contributed by atoms with Crippen molar-refractivity contribution in [3.05, 3.63) is 65.7 Å². The van der Waals surface area contributed by atoms with Gasteiger partial charge in [0.05, 0.1) is 0 Å². The van der Waals surface area contributed by atoms with E-state index in [9.17, 15) is 4.79 Å². The lowest BCUT2D eigenvalue weighted by Crippen LogP contribution is -2.09. The van der Waals surface area contributed by atoms with E-state index in [0.717, 1.165) is 5.56 Å². The smallest absolute Gasteiger partial charge is 0.193 e. The van der Waals surface area contributed by atoms with Gasteiger partial charge in [0.2, 0.25) is 0 Å². The van der Waals surface area contributed by atoms with Crippen LogP contribution in [0.2, 0.25) is 0 Å². The molecule has 0 saturated heterocycles. The van der Waals surface area contributed by atoms with Crippen LogP contribution >= 0.6 is 0 Å². The van der Waals surface area contributed by atoms with Crippen molar-refractivity contribution in [3.63, 3.8) is 0 Å². The van der Waals surface area contributed by atoms with Gasteiger partial charge < -0.3 is 18.9 Å². The largest absolute Gasteiger partial charge is 0.467 e. The minimum atomic E-state index is -0.225. The summed E-state index contributed by atoms with van der Waals surface area (Å²) in [6.07, 6.45) is 3.24. The summed E-state index contributed by atoms with van der Waals surface area (Å²) in [5.41, 5.74) is 1.26. The molecular formula is C19H20O5. The summed E-state index contributed by atoms with van der Waals surface area (Å²) in [5, 5.41) is 0. The number of hydrogen-bond donors (Lipinski definition) is 0. The maximum atomic E-state index is 12.7. The molecule has 0 amide bonds. The van der Waals surface area contributed by atoms with Crippen molar-refractivity contribution in [2.45, 2.75) is 0 Å². The van der Waals surface area contributed by atoms with Gasteiger partial charge in [0.15, 0.2) is 19.4 Å². The van der Waals surface area contributed by atoms with Gasteiger partial charge in [-0.3, -0.25) is 4.79 Å². The minimum Gasteiger partial charge on any atom is -0.467 e. The van der Waals surface area contributed by atoms with Crippen molar-refractivity contribution in [1.82, 2.24) is 0 Å². The van der Waals surface area contributed by atoms with E-state index < -0.39 is 0 Å². The zero-order valence-electron chi connectivity index (χ0n) is 13.7. The number of ketones is 1. The van der Waals surface area contributed by atoms with Crippen molar-refractivity contribution in [2.75, 3.05) is 27.8 Å². The molecule has 0 radical (unpaired) electrons. The second kappa shape index (κ2) is 9.50. The SMILES string of the molecule is COCOc1cccc(OCOC)c1C(=O)/C=C/c1ccccc1. The first-order chi connectivity index (χ1) is 11.8. The van der Waals surface area contributed by atoms with Crippen molar-refractivity contribution in [3.8, 4) is 11.5 Å². The van der Waals surface area contributed by atoms with Crippen LogP contribution in [0.3, 0.4) is 0 Å². The van der Waals surface area contributed by atoms with Crippen LogP contribution in [0.1, 0.15) is 15.9 Å². The van der Waals surface area contributed by atoms with Crippen LogP contribution in [0.15, 0.2) is 54.6 Å². The predicted molar refractivity (Wildman–Crippen MR) is 91.3 cm³/mol. The zero-order chi connectivity index (χ0) is 17.2. The van der Waals surface area contributed by atoms with Crippen molar-refractivity contribution in [1.29, 1.82) is 0 Å². The Hall–Kier alpha value is -2.63. The van der Waals surface area contributed by atoms with Crippen LogP contribution < -0.4 is 9.47 Å².